The molecule has 1 saturated carbocycles. The fourth-order valence-electron chi connectivity index (χ4n) is 2.84. The first-order chi connectivity index (χ1) is 9.99. The number of rotatable bonds is 2. The SMILES string of the molecule is NC1(c2nc(O)c(-c3cccc(F)c3)c(=O)[nH]2)CCCC1. The number of benzene rings is 1. The Labute approximate surface area is 120 Å². The van der Waals surface area contributed by atoms with Gasteiger partial charge in [0.1, 0.15) is 17.2 Å². The van der Waals surface area contributed by atoms with Crippen LogP contribution in [0.4, 0.5) is 4.39 Å². The molecule has 3 rings (SSSR count). The van der Waals surface area contributed by atoms with E-state index in [1.54, 1.807) is 6.07 Å². The zero-order valence-electron chi connectivity index (χ0n) is 11.4. The smallest absolute Gasteiger partial charge is 0.262 e. The topological polar surface area (TPSA) is 92.0 Å². The van der Waals surface area contributed by atoms with Crippen LogP contribution in [-0.4, -0.2) is 15.1 Å². The highest BCUT2D eigenvalue weighted by Crippen LogP contribution is 2.35. The standard InChI is InChI=1S/C15H16FN3O2/c16-10-5-3-4-9(8-10)11-12(20)18-14(19-13(11)21)15(17)6-1-2-7-15/h3-5,8H,1-2,6-7,17H2,(H2,18,19,20,21). The maximum Gasteiger partial charge on any atom is 0.262 e. The third kappa shape index (κ3) is 2.42. The number of nitrogens with two attached hydrogens (primary N) is 1. The number of nitrogens with one attached hydrogen (secondary N) is 1. The Hall–Kier alpha value is -2.21. The van der Waals surface area contributed by atoms with Gasteiger partial charge in [0.2, 0.25) is 5.88 Å². The van der Waals surface area contributed by atoms with Crippen LogP contribution in [0, 0.1) is 5.82 Å². The number of halogens is 1. The minimum atomic E-state index is -0.697. The van der Waals surface area contributed by atoms with E-state index in [-0.39, 0.29) is 11.1 Å². The van der Waals surface area contributed by atoms with Crippen LogP contribution in [0.5, 0.6) is 5.88 Å². The van der Waals surface area contributed by atoms with Crippen molar-refractivity contribution in [3.8, 4) is 17.0 Å². The van der Waals surface area contributed by atoms with Crippen molar-refractivity contribution in [1.29, 1.82) is 0 Å². The molecular weight excluding hydrogens is 273 g/mol. The Bertz CT molecular complexity index is 736. The Balaban J connectivity index is 2.11. The zero-order valence-corrected chi connectivity index (χ0v) is 11.4. The number of nitrogens with zero attached hydrogens (tertiary/aromatic N) is 1. The van der Waals surface area contributed by atoms with Gasteiger partial charge in [0.15, 0.2) is 0 Å². The van der Waals surface area contributed by atoms with Crippen LogP contribution in [0.1, 0.15) is 31.5 Å². The lowest BCUT2D eigenvalue weighted by Gasteiger charge is -2.22. The van der Waals surface area contributed by atoms with E-state index in [1.807, 2.05) is 0 Å². The maximum absolute atomic E-state index is 13.3. The minimum absolute atomic E-state index is 0.0418. The van der Waals surface area contributed by atoms with Gasteiger partial charge >= 0.3 is 0 Å². The van der Waals surface area contributed by atoms with Crippen molar-refractivity contribution in [1.82, 2.24) is 9.97 Å². The number of hydrogen-bond acceptors (Lipinski definition) is 4. The average molecular weight is 289 g/mol. The molecule has 21 heavy (non-hydrogen) atoms. The predicted molar refractivity (Wildman–Crippen MR) is 76.2 cm³/mol. The second-order valence-corrected chi connectivity index (χ2v) is 5.49. The van der Waals surface area contributed by atoms with E-state index in [1.165, 1.54) is 18.2 Å². The normalized spacial score (nSPS) is 17.0. The number of aromatic nitrogens is 2. The minimum Gasteiger partial charge on any atom is -0.493 e. The molecule has 5 nitrogen and oxygen atoms in total. The second kappa shape index (κ2) is 4.96. The number of aromatic amines is 1. The molecule has 0 atom stereocenters. The molecule has 0 spiro atoms. The van der Waals surface area contributed by atoms with E-state index in [4.69, 9.17) is 5.73 Å². The Kier molecular flexibility index (Phi) is 3.25. The van der Waals surface area contributed by atoms with Crippen molar-refractivity contribution in [2.45, 2.75) is 31.2 Å². The molecule has 1 aromatic heterocycles. The quantitative estimate of drug-likeness (QED) is 0.788. The van der Waals surface area contributed by atoms with E-state index in [0.717, 1.165) is 12.8 Å². The van der Waals surface area contributed by atoms with Crippen LogP contribution in [0.15, 0.2) is 29.1 Å². The molecule has 0 unspecified atom stereocenters. The van der Waals surface area contributed by atoms with E-state index >= 15 is 0 Å². The van der Waals surface area contributed by atoms with Gasteiger partial charge in [0.25, 0.3) is 5.56 Å². The lowest BCUT2D eigenvalue weighted by Crippen LogP contribution is -2.37. The predicted octanol–water partition coefficient (Wildman–Crippen LogP) is 2.01. The second-order valence-electron chi connectivity index (χ2n) is 5.49. The molecule has 1 aliphatic rings. The molecule has 2 aromatic rings. The van der Waals surface area contributed by atoms with E-state index in [2.05, 4.69) is 9.97 Å². The molecule has 1 heterocycles. The molecule has 6 heteroatoms. The Morgan fingerprint density at radius 1 is 1.33 bits per heavy atom. The lowest BCUT2D eigenvalue weighted by molar-refractivity contribution is 0.402. The van der Waals surface area contributed by atoms with Crippen molar-refractivity contribution in [3.63, 3.8) is 0 Å². The summed E-state index contributed by atoms with van der Waals surface area (Å²) in [6, 6.07) is 5.46. The van der Waals surface area contributed by atoms with E-state index in [9.17, 15) is 14.3 Å². The highest BCUT2D eigenvalue weighted by atomic mass is 19.1. The summed E-state index contributed by atoms with van der Waals surface area (Å²) in [5.74, 6) is -0.611. The summed E-state index contributed by atoms with van der Waals surface area (Å²) < 4.78 is 13.3. The average Bonchev–Trinajstić information content (AvgIpc) is 2.86. The van der Waals surface area contributed by atoms with Crippen LogP contribution in [0.3, 0.4) is 0 Å². The first kappa shape index (κ1) is 13.8. The third-order valence-corrected chi connectivity index (χ3v) is 3.98. The van der Waals surface area contributed by atoms with Gasteiger partial charge in [-0.15, -0.1) is 0 Å². The summed E-state index contributed by atoms with van der Waals surface area (Å²) in [6.45, 7) is 0. The van der Waals surface area contributed by atoms with Gasteiger partial charge in [-0.3, -0.25) is 4.79 Å². The van der Waals surface area contributed by atoms with Gasteiger partial charge in [0.05, 0.1) is 5.54 Å². The Morgan fingerprint density at radius 2 is 2.05 bits per heavy atom. The highest BCUT2D eigenvalue weighted by Gasteiger charge is 2.34. The molecule has 1 fully saturated rings. The van der Waals surface area contributed by atoms with Gasteiger partial charge < -0.3 is 15.8 Å². The van der Waals surface area contributed by atoms with Crippen molar-refractivity contribution in [3.05, 3.63) is 46.3 Å². The molecule has 4 N–H and O–H groups in total. The third-order valence-electron chi connectivity index (χ3n) is 3.98. The van der Waals surface area contributed by atoms with Gasteiger partial charge in [-0.1, -0.05) is 25.0 Å². The summed E-state index contributed by atoms with van der Waals surface area (Å²) in [6.07, 6.45) is 3.36. The van der Waals surface area contributed by atoms with Crippen LogP contribution in [-0.2, 0) is 5.54 Å². The summed E-state index contributed by atoms with van der Waals surface area (Å²) in [5, 5.41) is 10.1. The summed E-state index contributed by atoms with van der Waals surface area (Å²) in [5.41, 5.74) is 5.26. The molecule has 0 aliphatic heterocycles. The summed E-state index contributed by atoms with van der Waals surface area (Å²) in [4.78, 5) is 18.9. The zero-order chi connectivity index (χ0) is 15.0. The van der Waals surface area contributed by atoms with Crippen molar-refractivity contribution in [2.75, 3.05) is 0 Å². The molecule has 1 aromatic carbocycles. The van der Waals surface area contributed by atoms with Gasteiger partial charge in [-0.2, -0.15) is 4.98 Å². The Morgan fingerprint density at radius 3 is 2.67 bits per heavy atom. The molecule has 0 amide bonds. The first-order valence-electron chi connectivity index (χ1n) is 6.88. The van der Waals surface area contributed by atoms with Gasteiger partial charge in [-0.25, -0.2) is 4.39 Å². The van der Waals surface area contributed by atoms with Gasteiger partial charge in [-0.05, 0) is 30.5 Å². The molecule has 1 aliphatic carbocycles. The molecular formula is C15H16FN3O2. The van der Waals surface area contributed by atoms with Crippen LogP contribution < -0.4 is 11.3 Å². The summed E-state index contributed by atoms with van der Waals surface area (Å²) in [7, 11) is 0. The van der Waals surface area contributed by atoms with E-state index in [0.29, 0.717) is 18.7 Å². The number of hydrogen-bond donors (Lipinski definition) is 3. The highest BCUT2D eigenvalue weighted by molar-refractivity contribution is 5.67. The number of aromatic hydroxyl groups is 1. The van der Waals surface area contributed by atoms with Gasteiger partial charge in [0, 0.05) is 0 Å². The fraction of sp³-hybridized carbons (Fsp3) is 0.333. The van der Waals surface area contributed by atoms with Crippen LogP contribution in [0.2, 0.25) is 0 Å². The molecule has 0 saturated heterocycles. The monoisotopic (exact) mass is 289 g/mol. The number of H-pyrrole nitrogens is 1. The van der Waals surface area contributed by atoms with E-state index < -0.39 is 22.8 Å². The maximum atomic E-state index is 13.3. The first-order valence-corrected chi connectivity index (χ1v) is 6.88. The van der Waals surface area contributed by atoms with Crippen LogP contribution in [0.25, 0.3) is 11.1 Å². The summed E-state index contributed by atoms with van der Waals surface area (Å²) >= 11 is 0. The molecule has 0 bridgehead atoms. The molecule has 0 radical (unpaired) electrons. The lowest BCUT2D eigenvalue weighted by atomic mass is 9.98. The van der Waals surface area contributed by atoms with Crippen molar-refractivity contribution >= 4 is 0 Å². The van der Waals surface area contributed by atoms with Crippen LogP contribution >= 0.6 is 0 Å². The largest absolute Gasteiger partial charge is 0.493 e. The fourth-order valence-corrected chi connectivity index (χ4v) is 2.84. The van der Waals surface area contributed by atoms with Crippen molar-refractivity contribution in [2.24, 2.45) is 5.73 Å². The molecule has 110 valence electrons. The van der Waals surface area contributed by atoms with Crippen molar-refractivity contribution < 1.29 is 9.50 Å².